The van der Waals surface area contributed by atoms with E-state index in [0.29, 0.717) is 17.5 Å². The first-order valence-corrected chi connectivity index (χ1v) is 12.9. The Morgan fingerprint density at radius 2 is 1.86 bits per heavy atom. The van der Waals surface area contributed by atoms with Crippen LogP contribution in [0.25, 0.3) is 0 Å². The van der Waals surface area contributed by atoms with Gasteiger partial charge in [-0.15, -0.1) is 0 Å². The predicted octanol–water partition coefficient (Wildman–Crippen LogP) is 5.22. The van der Waals surface area contributed by atoms with Gasteiger partial charge in [-0.1, -0.05) is 37.3 Å². The van der Waals surface area contributed by atoms with Crippen molar-refractivity contribution in [2.45, 2.75) is 58.4 Å². The van der Waals surface area contributed by atoms with Crippen LogP contribution in [0.2, 0.25) is 0 Å². The van der Waals surface area contributed by atoms with E-state index in [1.807, 2.05) is 38.9 Å². The highest BCUT2D eigenvalue weighted by Crippen LogP contribution is 2.29. The molecule has 35 heavy (non-hydrogen) atoms. The van der Waals surface area contributed by atoms with Crippen LogP contribution < -0.4 is 0 Å². The third-order valence-electron chi connectivity index (χ3n) is 7.63. The average Bonchev–Trinajstić information content (AvgIpc) is 3.45. The van der Waals surface area contributed by atoms with Crippen molar-refractivity contribution in [3.63, 3.8) is 0 Å². The summed E-state index contributed by atoms with van der Waals surface area (Å²) in [6.07, 6.45) is 4.18. The molecule has 3 aromatic rings. The topological polar surface area (TPSA) is 54.5 Å². The van der Waals surface area contributed by atoms with Crippen molar-refractivity contribution in [3.8, 4) is 0 Å². The lowest BCUT2D eigenvalue weighted by Crippen LogP contribution is -2.48. The zero-order valence-corrected chi connectivity index (χ0v) is 21.9. The fourth-order valence-corrected chi connectivity index (χ4v) is 5.42. The minimum Gasteiger partial charge on any atom is -0.466 e. The van der Waals surface area contributed by atoms with Gasteiger partial charge in [0, 0.05) is 26.1 Å². The maximum absolute atomic E-state index is 13.5. The Balaban J connectivity index is 1.40. The molecule has 1 aliphatic heterocycles. The number of benzene rings is 1. The van der Waals surface area contributed by atoms with Gasteiger partial charge in [0.15, 0.2) is 0 Å². The van der Waals surface area contributed by atoms with Crippen LogP contribution in [0.1, 0.15) is 65.4 Å². The number of amides is 1. The smallest absolute Gasteiger partial charge is 0.272 e. The highest BCUT2D eigenvalue weighted by atomic mass is 16.3. The van der Waals surface area contributed by atoms with Crippen LogP contribution in [0.15, 0.2) is 52.9 Å². The van der Waals surface area contributed by atoms with Gasteiger partial charge in [0.1, 0.15) is 17.2 Å². The second-order valence-electron chi connectivity index (χ2n) is 10.3. The van der Waals surface area contributed by atoms with Gasteiger partial charge in [0.05, 0.1) is 5.69 Å². The molecule has 2 atom stereocenters. The van der Waals surface area contributed by atoms with Crippen LogP contribution >= 0.6 is 0 Å². The molecule has 1 aliphatic rings. The number of hydrogen-bond acceptors (Lipinski definition) is 4. The summed E-state index contributed by atoms with van der Waals surface area (Å²) in [7, 11) is 3.82. The number of rotatable bonds is 9. The van der Waals surface area contributed by atoms with Gasteiger partial charge >= 0.3 is 0 Å². The van der Waals surface area contributed by atoms with Crippen molar-refractivity contribution in [3.05, 3.63) is 77.0 Å². The number of carbonyl (C=O) groups is 1. The molecule has 0 spiro atoms. The van der Waals surface area contributed by atoms with Gasteiger partial charge in [-0.25, -0.2) is 0 Å². The molecule has 6 heteroatoms. The predicted molar refractivity (Wildman–Crippen MR) is 140 cm³/mol. The van der Waals surface area contributed by atoms with Gasteiger partial charge in [0.25, 0.3) is 5.91 Å². The molecule has 0 radical (unpaired) electrons. The van der Waals surface area contributed by atoms with E-state index in [2.05, 4.69) is 59.4 Å². The number of likely N-dealkylation sites (N-methyl/N-ethyl adjacent to an activating group) is 1. The molecule has 0 aliphatic carbocycles. The number of aryl methyl sites for hydroxylation is 3. The Kier molecular flexibility index (Phi) is 8.11. The molecular weight excluding hydrogens is 436 g/mol. The molecule has 1 fully saturated rings. The van der Waals surface area contributed by atoms with Gasteiger partial charge in [-0.3, -0.25) is 9.48 Å². The fourth-order valence-electron chi connectivity index (χ4n) is 5.42. The Labute approximate surface area is 209 Å². The Morgan fingerprint density at radius 1 is 1.14 bits per heavy atom. The Bertz CT molecular complexity index is 1100. The van der Waals surface area contributed by atoms with Gasteiger partial charge < -0.3 is 14.2 Å². The summed E-state index contributed by atoms with van der Waals surface area (Å²) in [6, 6.07) is 16.8. The summed E-state index contributed by atoms with van der Waals surface area (Å²) in [4.78, 5) is 18.0. The lowest BCUT2D eigenvalue weighted by atomic mass is 9.84. The molecule has 4 rings (SSSR count). The van der Waals surface area contributed by atoms with Crippen molar-refractivity contribution < 1.29 is 9.21 Å². The fraction of sp³-hybridized carbons (Fsp3) is 0.517. The Hall–Kier alpha value is -2.86. The molecular formula is C29H40N4O2. The van der Waals surface area contributed by atoms with E-state index in [-0.39, 0.29) is 11.9 Å². The molecule has 1 saturated heterocycles. The van der Waals surface area contributed by atoms with Gasteiger partial charge in [0.2, 0.25) is 0 Å². The second kappa shape index (κ2) is 11.3. The van der Waals surface area contributed by atoms with Crippen LogP contribution in [0.4, 0.5) is 0 Å². The van der Waals surface area contributed by atoms with E-state index in [9.17, 15) is 4.79 Å². The maximum Gasteiger partial charge on any atom is 0.272 e. The van der Waals surface area contributed by atoms with E-state index in [1.165, 1.54) is 5.56 Å². The maximum atomic E-state index is 13.5. The molecule has 3 heterocycles. The number of carbonyl (C=O) groups excluding carboxylic acids is 1. The quantitative estimate of drug-likeness (QED) is 0.425. The van der Waals surface area contributed by atoms with E-state index in [4.69, 9.17) is 4.42 Å². The largest absolute Gasteiger partial charge is 0.466 e. The van der Waals surface area contributed by atoms with Crippen molar-refractivity contribution >= 4 is 5.91 Å². The van der Waals surface area contributed by atoms with E-state index in [0.717, 1.165) is 62.5 Å². The Morgan fingerprint density at radius 3 is 2.46 bits per heavy atom. The van der Waals surface area contributed by atoms with Crippen LogP contribution in [-0.2, 0) is 13.5 Å². The molecule has 1 amide bonds. The van der Waals surface area contributed by atoms with Crippen molar-refractivity contribution in [1.29, 1.82) is 0 Å². The van der Waals surface area contributed by atoms with Crippen LogP contribution in [0, 0.1) is 19.8 Å². The van der Waals surface area contributed by atoms with E-state index >= 15 is 0 Å². The highest BCUT2D eigenvalue weighted by molar-refractivity contribution is 5.92. The molecule has 1 aromatic carbocycles. The molecule has 0 N–H and O–H groups in total. The summed E-state index contributed by atoms with van der Waals surface area (Å²) >= 11 is 0. The van der Waals surface area contributed by atoms with Crippen LogP contribution in [0.3, 0.4) is 0 Å². The van der Waals surface area contributed by atoms with Crippen molar-refractivity contribution in [2.75, 3.05) is 26.7 Å². The summed E-state index contributed by atoms with van der Waals surface area (Å²) in [6.45, 7) is 9.42. The number of furan rings is 1. The first-order valence-electron chi connectivity index (χ1n) is 12.9. The summed E-state index contributed by atoms with van der Waals surface area (Å²) < 4.78 is 7.53. The summed E-state index contributed by atoms with van der Waals surface area (Å²) in [5.41, 5.74) is 2.81. The van der Waals surface area contributed by atoms with Gasteiger partial charge in [-0.05, 0) is 88.8 Å². The van der Waals surface area contributed by atoms with Crippen LogP contribution in [0.5, 0.6) is 0 Å². The lowest BCUT2D eigenvalue weighted by molar-refractivity contribution is 0.0578. The molecule has 0 bridgehead atoms. The highest BCUT2D eigenvalue weighted by Gasteiger charge is 2.33. The number of nitrogens with zero attached hydrogens (tertiary/aromatic N) is 4. The minimum atomic E-state index is 0.0547. The SMILES string of the molecule is Cc1cc(C(=O)N(C)C(Cc2ccccc2)C2CCN(CCC(C)c3ccc(C)o3)CC2)n(C)n1. The van der Waals surface area contributed by atoms with Crippen LogP contribution in [-0.4, -0.2) is 58.2 Å². The lowest BCUT2D eigenvalue weighted by Gasteiger charge is -2.40. The van der Waals surface area contributed by atoms with Crippen molar-refractivity contribution in [1.82, 2.24) is 19.6 Å². The molecule has 0 saturated carbocycles. The van der Waals surface area contributed by atoms with Gasteiger partial charge in [-0.2, -0.15) is 5.10 Å². The minimum absolute atomic E-state index is 0.0547. The summed E-state index contributed by atoms with van der Waals surface area (Å²) in [5.74, 6) is 3.03. The average molecular weight is 477 g/mol. The second-order valence-corrected chi connectivity index (χ2v) is 10.3. The number of likely N-dealkylation sites (tertiary alicyclic amines) is 1. The van der Waals surface area contributed by atoms with Crippen molar-refractivity contribution in [2.24, 2.45) is 13.0 Å². The molecule has 2 unspecified atom stereocenters. The first-order chi connectivity index (χ1) is 16.8. The monoisotopic (exact) mass is 476 g/mol. The molecule has 2 aromatic heterocycles. The third-order valence-corrected chi connectivity index (χ3v) is 7.63. The standard InChI is InChI=1S/C29H40N4O2/c1-21(28-12-11-23(3)35-28)13-16-33-17-14-25(15-18-33)26(20-24-9-7-6-8-10-24)31(4)29(34)27-19-22(2)30-32(27)5/h6-12,19,21,25-26H,13-18,20H2,1-5H3. The zero-order valence-electron chi connectivity index (χ0n) is 21.9. The molecule has 188 valence electrons. The first kappa shape index (κ1) is 25.2. The molecule has 6 nitrogen and oxygen atoms in total. The number of piperidine rings is 1. The number of aromatic nitrogens is 2. The third kappa shape index (κ3) is 6.23. The normalized spacial score (nSPS) is 16.8. The van der Waals surface area contributed by atoms with E-state index < -0.39 is 0 Å². The number of hydrogen-bond donors (Lipinski definition) is 0. The van der Waals surface area contributed by atoms with E-state index in [1.54, 1.807) is 4.68 Å². The zero-order chi connectivity index (χ0) is 24.9. The summed E-state index contributed by atoms with van der Waals surface area (Å²) in [5, 5.41) is 4.39.